The van der Waals surface area contributed by atoms with Gasteiger partial charge in [-0.2, -0.15) is 0 Å². The van der Waals surface area contributed by atoms with Crippen LogP contribution in [-0.2, 0) is 0 Å². The molecule has 1 heterocycles. The lowest BCUT2D eigenvalue weighted by Crippen LogP contribution is -2.16. The first kappa shape index (κ1) is 7.92. The Kier molecular flexibility index (Phi) is 1.97. The van der Waals surface area contributed by atoms with Crippen molar-refractivity contribution in [3.05, 3.63) is 22.2 Å². The van der Waals surface area contributed by atoms with Gasteiger partial charge in [-0.25, -0.2) is 0 Å². The molecule has 12 heavy (non-hydrogen) atoms. The summed E-state index contributed by atoms with van der Waals surface area (Å²) >= 11 is 3.41. The first-order chi connectivity index (χ1) is 5.77. The molecule has 3 heteroatoms. The van der Waals surface area contributed by atoms with Gasteiger partial charge in [0.25, 0.3) is 0 Å². The number of ether oxygens (including phenoxy) is 2. The van der Waals surface area contributed by atoms with Crippen molar-refractivity contribution in [1.29, 1.82) is 0 Å². The van der Waals surface area contributed by atoms with Crippen LogP contribution in [0.2, 0.25) is 0 Å². The van der Waals surface area contributed by atoms with Gasteiger partial charge in [-0.15, -0.1) is 0 Å². The summed E-state index contributed by atoms with van der Waals surface area (Å²) in [6.45, 7) is 3.30. The van der Waals surface area contributed by atoms with Crippen molar-refractivity contribution in [2.45, 2.75) is 6.92 Å². The van der Waals surface area contributed by atoms with Crippen LogP contribution in [0.3, 0.4) is 0 Å². The molecule has 0 saturated heterocycles. The third kappa shape index (κ3) is 1.29. The molecule has 2 nitrogen and oxygen atoms in total. The molecule has 1 aromatic rings. The minimum atomic E-state index is 0.642. The first-order valence-electron chi connectivity index (χ1n) is 3.83. The highest BCUT2D eigenvalue weighted by molar-refractivity contribution is 9.10. The molecule has 0 amide bonds. The summed E-state index contributed by atoms with van der Waals surface area (Å²) in [5.41, 5.74) is 1.11. The summed E-state index contributed by atoms with van der Waals surface area (Å²) in [6, 6.07) is 3.95. The largest absolute Gasteiger partial charge is 0.486 e. The Morgan fingerprint density at radius 1 is 1.25 bits per heavy atom. The van der Waals surface area contributed by atoms with E-state index in [0.717, 1.165) is 21.5 Å². The van der Waals surface area contributed by atoms with E-state index in [-0.39, 0.29) is 0 Å². The summed E-state index contributed by atoms with van der Waals surface area (Å²) in [7, 11) is 0. The minimum absolute atomic E-state index is 0.642. The quantitative estimate of drug-likeness (QED) is 0.680. The van der Waals surface area contributed by atoms with Gasteiger partial charge < -0.3 is 9.47 Å². The van der Waals surface area contributed by atoms with Crippen LogP contribution in [-0.4, -0.2) is 13.2 Å². The van der Waals surface area contributed by atoms with E-state index in [1.165, 1.54) is 0 Å². The SMILES string of the molecule is Cc1cc(Br)cc2c1OCCO2. The van der Waals surface area contributed by atoms with E-state index in [9.17, 15) is 0 Å². The number of fused-ring (bicyclic) bond motifs is 1. The lowest BCUT2D eigenvalue weighted by molar-refractivity contribution is 0.170. The van der Waals surface area contributed by atoms with E-state index >= 15 is 0 Å². The summed E-state index contributed by atoms with van der Waals surface area (Å²) in [4.78, 5) is 0. The third-order valence-corrected chi connectivity index (χ3v) is 2.25. The summed E-state index contributed by atoms with van der Waals surface area (Å²) < 4.78 is 11.9. The van der Waals surface area contributed by atoms with Crippen LogP contribution in [0, 0.1) is 6.92 Å². The molecular weight excluding hydrogens is 220 g/mol. The van der Waals surface area contributed by atoms with Crippen molar-refractivity contribution in [1.82, 2.24) is 0 Å². The monoisotopic (exact) mass is 228 g/mol. The maximum Gasteiger partial charge on any atom is 0.164 e. The molecule has 0 radical (unpaired) electrons. The average Bonchev–Trinajstić information content (AvgIpc) is 2.04. The molecule has 0 saturated carbocycles. The molecule has 1 aromatic carbocycles. The van der Waals surface area contributed by atoms with Crippen LogP contribution in [0.25, 0.3) is 0 Å². The van der Waals surface area contributed by atoms with Crippen LogP contribution in [0.5, 0.6) is 11.5 Å². The molecule has 1 aliphatic rings. The summed E-state index contributed by atoms with van der Waals surface area (Å²) in [5.74, 6) is 1.72. The molecular formula is C9H9BrO2. The molecule has 2 rings (SSSR count). The molecule has 0 fully saturated rings. The second kappa shape index (κ2) is 2.98. The molecule has 0 bridgehead atoms. The van der Waals surface area contributed by atoms with E-state index in [0.29, 0.717) is 13.2 Å². The predicted molar refractivity (Wildman–Crippen MR) is 49.9 cm³/mol. The maximum absolute atomic E-state index is 5.46. The Bertz CT molecular complexity index is 310. The van der Waals surface area contributed by atoms with Gasteiger partial charge >= 0.3 is 0 Å². The van der Waals surface area contributed by atoms with Gasteiger partial charge in [0, 0.05) is 4.47 Å². The highest BCUT2D eigenvalue weighted by Crippen LogP contribution is 2.36. The van der Waals surface area contributed by atoms with Gasteiger partial charge in [-0.1, -0.05) is 15.9 Å². The average molecular weight is 229 g/mol. The van der Waals surface area contributed by atoms with Gasteiger partial charge in [0.05, 0.1) is 0 Å². The molecule has 0 aromatic heterocycles. The van der Waals surface area contributed by atoms with Crippen molar-refractivity contribution in [3.63, 3.8) is 0 Å². The Morgan fingerprint density at radius 2 is 2.00 bits per heavy atom. The Balaban J connectivity index is 2.53. The van der Waals surface area contributed by atoms with Gasteiger partial charge in [0.15, 0.2) is 11.5 Å². The molecule has 0 unspecified atom stereocenters. The molecule has 64 valence electrons. The van der Waals surface area contributed by atoms with Gasteiger partial charge in [0.2, 0.25) is 0 Å². The predicted octanol–water partition coefficient (Wildman–Crippen LogP) is 2.53. The number of halogens is 1. The normalized spacial score (nSPS) is 14.5. The number of hydrogen-bond acceptors (Lipinski definition) is 2. The van der Waals surface area contributed by atoms with Gasteiger partial charge in [-0.3, -0.25) is 0 Å². The fraction of sp³-hybridized carbons (Fsp3) is 0.333. The van der Waals surface area contributed by atoms with Crippen molar-refractivity contribution >= 4 is 15.9 Å². The Labute approximate surface area is 79.6 Å². The van der Waals surface area contributed by atoms with E-state index < -0.39 is 0 Å². The van der Waals surface area contributed by atoms with Crippen molar-refractivity contribution < 1.29 is 9.47 Å². The van der Waals surface area contributed by atoms with E-state index in [4.69, 9.17) is 9.47 Å². The van der Waals surface area contributed by atoms with E-state index in [1.807, 2.05) is 19.1 Å². The number of aryl methyl sites for hydroxylation is 1. The lowest BCUT2D eigenvalue weighted by atomic mass is 10.2. The number of benzene rings is 1. The zero-order chi connectivity index (χ0) is 8.55. The second-order valence-electron chi connectivity index (χ2n) is 2.75. The zero-order valence-electron chi connectivity index (χ0n) is 6.76. The summed E-state index contributed by atoms with van der Waals surface area (Å²) in [5, 5.41) is 0. The van der Waals surface area contributed by atoms with E-state index in [1.54, 1.807) is 0 Å². The van der Waals surface area contributed by atoms with Crippen LogP contribution in [0.1, 0.15) is 5.56 Å². The summed E-state index contributed by atoms with van der Waals surface area (Å²) in [6.07, 6.45) is 0. The molecule has 0 atom stereocenters. The number of hydrogen-bond donors (Lipinski definition) is 0. The Hall–Kier alpha value is -0.700. The fourth-order valence-electron chi connectivity index (χ4n) is 1.29. The van der Waals surface area contributed by atoms with Crippen molar-refractivity contribution in [3.8, 4) is 11.5 Å². The molecule has 0 spiro atoms. The maximum atomic E-state index is 5.46. The van der Waals surface area contributed by atoms with Crippen LogP contribution < -0.4 is 9.47 Å². The smallest absolute Gasteiger partial charge is 0.164 e. The van der Waals surface area contributed by atoms with Gasteiger partial charge in [0.1, 0.15) is 13.2 Å². The van der Waals surface area contributed by atoms with Crippen molar-refractivity contribution in [2.75, 3.05) is 13.2 Å². The number of rotatable bonds is 0. The fourth-order valence-corrected chi connectivity index (χ4v) is 1.84. The zero-order valence-corrected chi connectivity index (χ0v) is 8.35. The minimum Gasteiger partial charge on any atom is -0.486 e. The highest BCUT2D eigenvalue weighted by Gasteiger charge is 2.14. The standard InChI is InChI=1S/C9H9BrO2/c1-6-4-7(10)5-8-9(6)12-3-2-11-8/h4-5H,2-3H2,1H3. The molecule has 0 aliphatic carbocycles. The Morgan fingerprint density at radius 3 is 2.83 bits per heavy atom. The highest BCUT2D eigenvalue weighted by atomic mass is 79.9. The van der Waals surface area contributed by atoms with Crippen LogP contribution in [0.4, 0.5) is 0 Å². The van der Waals surface area contributed by atoms with Crippen LogP contribution in [0.15, 0.2) is 16.6 Å². The topological polar surface area (TPSA) is 18.5 Å². The molecule has 1 aliphatic heterocycles. The third-order valence-electron chi connectivity index (χ3n) is 1.79. The van der Waals surface area contributed by atoms with Crippen molar-refractivity contribution in [2.24, 2.45) is 0 Å². The van der Waals surface area contributed by atoms with Gasteiger partial charge in [-0.05, 0) is 24.6 Å². The first-order valence-corrected chi connectivity index (χ1v) is 4.62. The second-order valence-corrected chi connectivity index (χ2v) is 3.66. The lowest BCUT2D eigenvalue weighted by Gasteiger charge is -2.20. The van der Waals surface area contributed by atoms with Crippen LogP contribution >= 0.6 is 15.9 Å². The molecule has 0 N–H and O–H groups in total. The van der Waals surface area contributed by atoms with E-state index in [2.05, 4.69) is 15.9 Å².